The summed E-state index contributed by atoms with van der Waals surface area (Å²) >= 11 is 0. The molecule has 0 amide bonds. The van der Waals surface area contributed by atoms with E-state index in [1.165, 1.54) is 0 Å². The molecule has 30 heavy (non-hydrogen) atoms. The summed E-state index contributed by atoms with van der Waals surface area (Å²) in [4.78, 5) is 5.82. The lowest BCUT2D eigenvalue weighted by Crippen LogP contribution is -2.45. The first-order chi connectivity index (χ1) is 14.3. The number of allylic oxidation sites excluding steroid dienone is 2. The maximum atomic E-state index is 14.1. The van der Waals surface area contributed by atoms with Gasteiger partial charge in [0.2, 0.25) is 0 Å². The van der Waals surface area contributed by atoms with Crippen molar-refractivity contribution in [2.75, 3.05) is 26.3 Å². The number of aromatic nitrogens is 1. The van der Waals surface area contributed by atoms with Gasteiger partial charge in [-0.25, -0.2) is 9.37 Å². The predicted molar refractivity (Wildman–Crippen MR) is 105 cm³/mol. The first-order valence-corrected chi connectivity index (χ1v) is 10.1. The Morgan fingerprint density at radius 1 is 1.20 bits per heavy atom. The highest BCUT2D eigenvalue weighted by atomic mass is 19.4. The molecular weight excluding hydrogens is 402 g/mol. The first kappa shape index (κ1) is 22.5. The Bertz CT molecular complexity index is 782. The standard InChI is InChI=1S/C20H27F4N5O/c21-15-6-8-17(20(22,23)24)27-18(15)19(28-26)16(25)7-3-13-1-4-14(5-2-13)29-9-11-30-12-10-29/h6-8,13-14H,1-5,9-12,25-26H2/b16-7+,28-19+/t13-,14-. The Labute approximate surface area is 173 Å². The van der Waals surface area contributed by atoms with Crippen LogP contribution in [0.15, 0.2) is 29.0 Å². The van der Waals surface area contributed by atoms with E-state index in [0.29, 0.717) is 30.5 Å². The van der Waals surface area contributed by atoms with E-state index in [1.807, 2.05) is 0 Å². The molecule has 2 heterocycles. The van der Waals surface area contributed by atoms with Crippen LogP contribution in [-0.4, -0.2) is 47.9 Å². The van der Waals surface area contributed by atoms with Crippen molar-refractivity contribution in [2.45, 2.75) is 44.3 Å². The van der Waals surface area contributed by atoms with Crippen molar-refractivity contribution in [3.63, 3.8) is 0 Å². The maximum absolute atomic E-state index is 14.1. The quantitative estimate of drug-likeness (QED) is 0.325. The summed E-state index contributed by atoms with van der Waals surface area (Å²) in [5.74, 6) is 4.75. The maximum Gasteiger partial charge on any atom is 0.433 e. The number of halogens is 4. The summed E-state index contributed by atoms with van der Waals surface area (Å²) in [6.07, 6.45) is 1.79. The van der Waals surface area contributed by atoms with Gasteiger partial charge in [0, 0.05) is 19.1 Å². The summed E-state index contributed by atoms with van der Waals surface area (Å²) in [5, 5.41) is 3.41. The van der Waals surface area contributed by atoms with Crippen LogP contribution in [0.3, 0.4) is 0 Å². The van der Waals surface area contributed by atoms with E-state index in [1.54, 1.807) is 6.08 Å². The van der Waals surface area contributed by atoms with E-state index in [4.69, 9.17) is 16.3 Å². The SMILES string of the molecule is N/N=C(\C(N)=C/C[C@H]1CC[C@H](N2CCOCC2)CC1)c1nc(C(F)(F)F)ccc1F. The van der Waals surface area contributed by atoms with Gasteiger partial charge >= 0.3 is 6.18 Å². The molecule has 0 aromatic carbocycles. The van der Waals surface area contributed by atoms with E-state index in [-0.39, 0.29) is 11.4 Å². The molecule has 0 radical (unpaired) electrons. The van der Waals surface area contributed by atoms with Crippen molar-refractivity contribution in [3.8, 4) is 0 Å². The number of morpholine rings is 1. The van der Waals surface area contributed by atoms with Crippen LogP contribution >= 0.6 is 0 Å². The lowest BCUT2D eigenvalue weighted by Gasteiger charge is -2.38. The third kappa shape index (κ3) is 5.48. The fourth-order valence-corrected chi connectivity index (χ4v) is 4.12. The van der Waals surface area contributed by atoms with Crippen molar-refractivity contribution in [1.29, 1.82) is 0 Å². The average Bonchev–Trinajstić information content (AvgIpc) is 2.74. The number of hydrazone groups is 1. The van der Waals surface area contributed by atoms with Gasteiger partial charge in [0.15, 0.2) is 5.82 Å². The second-order valence-electron chi connectivity index (χ2n) is 7.72. The molecule has 0 unspecified atom stereocenters. The van der Waals surface area contributed by atoms with Crippen molar-refractivity contribution in [2.24, 2.45) is 22.6 Å². The molecule has 10 heteroatoms. The van der Waals surface area contributed by atoms with Crippen LogP contribution in [0.5, 0.6) is 0 Å². The molecule has 166 valence electrons. The zero-order chi connectivity index (χ0) is 21.7. The van der Waals surface area contributed by atoms with Crippen LogP contribution in [0.25, 0.3) is 0 Å². The van der Waals surface area contributed by atoms with Crippen LogP contribution < -0.4 is 11.6 Å². The Balaban J connectivity index is 1.62. The van der Waals surface area contributed by atoms with E-state index >= 15 is 0 Å². The molecule has 1 saturated carbocycles. The van der Waals surface area contributed by atoms with Gasteiger partial charge in [0.25, 0.3) is 0 Å². The monoisotopic (exact) mass is 429 g/mol. The summed E-state index contributed by atoms with van der Waals surface area (Å²) in [6.45, 7) is 3.49. The highest BCUT2D eigenvalue weighted by molar-refractivity contribution is 6.10. The van der Waals surface area contributed by atoms with Gasteiger partial charge in [0.1, 0.15) is 17.1 Å². The number of hydrogen-bond acceptors (Lipinski definition) is 6. The number of pyridine rings is 1. The highest BCUT2D eigenvalue weighted by Gasteiger charge is 2.34. The largest absolute Gasteiger partial charge is 0.433 e. The number of nitrogens with two attached hydrogens (primary N) is 2. The van der Waals surface area contributed by atoms with Crippen LogP contribution in [0.1, 0.15) is 43.5 Å². The molecule has 0 bridgehead atoms. The third-order valence-electron chi connectivity index (χ3n) is 5.81. The summed E-state index contributed by atoms with van der Waals surface area (Å²) < 4.78 is 58.2. The predicted octanol–water partition coefficient (Wildman–Crippen LogP) is 3.03. The molecule has 1 aromatic heterocycles. The lowest BCUT2D eigenvalue weighted by molar-refractivity contribution is -0.141. The van der Waals surface area contributed by atoms with Gasteiger partial charge < -0.3 is 16.3 Å². The zero-order valence-corrected chi connectivity index (χ0v) is 16.7. The van der Waals surface area contributed by atoms with Crippen LogP contribution in [-0.2, 0) is 10.9 Å². The van der Waals surface area contributed by atoms with Crippen molar-refractivity contribution < 1.29 is 22.3 Å². The summed E-state index contributed by atoms with van der Waals surface area (Å²) in [7, 11) is 0. The lowest BCUT2D eigenvalue weighted by atomic mass is 9.83. The number of rotatable bonds is 5. The molecule has 1 aliphatic carbocycles. The first-order valence-electron chi connectivity index (χ1n) is 10.1. The number of hydrogen-bond donors (Lipinski definition) is 2. The van der Waals surface area contributed by atoms with Crippen molar-refractivity contribution in [1.82, 2.24) is 9.88 Å². The summed E-state index contributed by atoms with van der Waals surface area (Å²) in [5.41, 5.74) is 3.91. The Morgan fingerprint density at radius 2 is 1.87 bits per heavy atom. The molecule has 1 aromatic rings. The van der Waals surface area contributed by atoms with Gasteiger partial charge in [0.05, 0.1) is 18.9 Å². The van der Waals surface area contributed by atoms with Crippen LogP contribution in [0.4, 0.5) is 17.6 Å². The fourth-order valence-electron chi connectivity index (χ4n) is 4.12. The van der Waals surface area contributed by atoms with E-state index in [2.05, 4.69) is 15.0 Å². The third-order valence-corrected chi connectivity index (χ3v) is 5.81. The Morgan fingerprint density at radius 3 is 2.47 bits per heavy atom. The van der Waals surface area contributed by atoms with Gasteiger partial charge in [-0.15, -0.1) is 0 Å². The van der Waals surface area contributed by atoms with Gasteiger partial charge in [-0.1, -0.05) is 6.08 Å². The Kier molecular flexibility index (Phi) is 7.30. The number of alkyl halides is 3. The second-order valence-corrected chi connectivity index (χ2v) is 7.72. The number of nitrogens with zero attached hydrogens (tertiary/aromatic N) is 3. The molecular formula is C20H27F4N5O. The molecule has 2 fully saturated rings. The normalized spacial score (nSPS) is 24.8. The molecule has 1 aliphatic heterocycles. The molecule has 0 spiro atoms. The molecule has 2 aliphatic rings. The minimum absolute atomic E-state index is 0.0264. The molecule has 0 atom stereocenters. The fraction of sp³-hybridized carbons (Fsp3) is 0.600. The molecule has 6 nitrogen and oxygen atoms in total. The smallest absolute Gasteiger partial charge is 0.397 e. The van der Waals surface area contributed by atoms with E-state index < -0.39 is 23.4 Å². The van der Waals surface area contributed by atoms with Crippen LogP contribution in [0, 0.1) is 11.7 Å². The van der Waals surface area contributed by atoms with Crippen molar-refractivity contribution >= 4 is 5.71 Å². The minimum atomic E-state index is -4.71. The van der Waals surface area contributed by atoms with E-state index in [0.717, 1.165) is 52.0 Å². The van der Waals surface area contributed by atoms with Crippen LogP contribution in [0.2, 0.25) is 0 Å². The van der Waals surface area contributed by atoms with Gasteiger partial charge in [-0.05, 0) is 50.2 Å². The average molecular weight is 429 g/mol. The van der Waals surface area contributed by atoms with E-state index in [9.17, 15) is 17.6 Å². The Hall–Kier alpha value is -2.20. The molecule has 4 N–H and O–H groups in total. The molecule has 1 saturated heterocycles. The number of ether oxygens (including phenoxy) is 1. The second kappa shape index (κ2) is 9.74. The topological polar surface area (TPSA) is 89.8 Å². The van der Waals surface area contributed by atoms with Gasteiger partial charge in [-0.3, -0.25) is 4.90 Å². The van der Waals surface area contributed by atoms with Gasteiger partial charge in [-0.2, -0.15) is 18.3 Å². The van der Waals surface area contributed by atoms with Crippen molar-refractivity contribution in [3.05, 3.63) is 41.1 Å². The zero-order valence-electron chi connectivity index (χ0n) is 16.7. The highest BCUT2D eigenvalue weighted by Crippen LogP contribution is 2.31. The minimum Gasteiger partial charge on any atom is -0.397 e. The summed E-state index contributed by atoms with van der Waals surface area (Å²) in [6, 6.07) is 1.83. The molecule has 3 rings (SSSR count).